The Morgan fingerprint density at radius 3 is 2.62 bits per heavy atom. The topological polar surface area (TPSA) is 75.3 Å². The van der Waals surface area contributed by atoms with Crippen LogP contribution in [0.5, 0.6) is 0 Å². The fourth-order valence-electron chi connectivity index (χ4n) is 1.06. The highest BCUT2D eigenvalue weighted by Gasteiger charge is 2.16. The van der Waals surface area contributed by atoms with Crippen LogP contribution in [0.3, 0.4) is 0 Å². The molecule has 0 heterocycles. The summed E-state index contributed by atoms with van der Waals surface area (Å²) in [4.78, 5) is 10.7. The smallest absolute Gasteiger partial charge is 0.320 e. The van der Waals surface area contributed by atoms with Gasteiger partial charge < -0.3 is 10.8 Å². The quantitative estimate of drug-likeness (QED) is 0.277. The van der Waals surface area contributed by atoms with Gasteiger partial charge in [-0.3, -0.25) is 10.1 Å². The molecule has 4 N–H and O–H groups in total. The molecule has 0 radical (unpaired) electrons. The zero-order valence-corrected chi connectivity index (χ0v) is 8.76. The number of thiol groups is 1. The molecule has 2 atom stereocenters. The van der Waals surface area contributed by atoms with E-state index in [0.29, 0.717) is 13.0 Å². The lowest BCUT2D eigenvalue weighted by Gasteiger charge is -2.16. The van der Waals surface area contributed by atoms with Gasteiger partial charge in [0.1, 0.15) is 6.04 Å². The summed E-state index contributed by atoms with van der Waals surface area (Å²) in [6, 6.07) is -0.501. The van der Waals surface area contributed by atoms with Gasteiger partial charge in [-0.1, -0.05) is 6.42 Å². The van der Waals surface area contributed by atoms with Gasteiger partial charge in [-0.2, -0.15) is 12.6 Å². The molecule has 0 aliphatic heterocycles. The first kappa shape index (κ1) is 12.7. The third-order valence-corrected chi connectivity index (χ3v) is 1.84. The van der Waals surface area contributed by atoms with Gasteiger partial charge in [0.25, 0.3) is 0 Å². The van der Waals surface area contributed by atoms with Crippen LogP contribution in [0.4, 0.5) is 0 Å². The number of aliphatic carboxylic acids is 1. The molecule has 13 heavy (non-hydrogen) atoms. The van der Waals surface area contributed by atoms with Crippen molar-refractivity contribution in [3.63, 3.8) is 0 Å². The lowest BCUT2D eigenvalue weighted by atomic mass is 10.1. The van der Waals surface area contributed by atoms with Gasteiger partial charge in [0, 0.05) is 5.37 Å². The molecule has 0 fully saturated rings. The SMILES string of the molecule is CC(S)NC(CCCCN)C(=O)O. The van der Waals surface area contributed by atoms with Crippen LogP contribution in [0.1, 0.15) is 26.2 Å². The zero-order valence-electron chi connectivity index (χ0n) is 7.86. The fourth-order valence-corrected chi connectivity index (χ4v) is 1.24. The Bertz CT molecular complexity index is 153. The van der Waals surface area contributed by atoms with E-state index in [1.54, 1.807) is 0 Å². The van der Waals surface area contributed by atoms with Crippen LogP contribution in [0.25, 0.3) is 0 Å². The Hall–Kier alpha value is -0.260. The van der Waals surface area contributed by atoms with E-state index in [0.717, 1.165) is 12.8 Å². The van der Waals surface area contributed by atoms with Crippen molar-refractivity contribution >= 4 is 18.6 Å². The van der Waals surface area contributed by atoms with E-state index in [1.165, 1.54) is 0 Å². The largest absolute Gasteiger partial charge is 0.480 e. The number of hydrogen-bond acceptors (Lipinski definition) is 4. The van der Waals surface area contributed by atoms with Crippen LogP contribution in [-0.2, 0) is 4.79 Å². The molecule has 0 aliphatic carbocycles. The number of carboxylic acids is 1. The molecule has 5 heteroatoms. The van der Waals surface area contributed by atoms with Gasteiger partial charge in [0.2, 0.25) is 0 Å². The lowest BCUT2D eigenvalue weighted by Crippen LogP contribution is -2.39. The molecular weight excluding hydrogens is 188 g/mol. The van der Waals surface area contributed by atoms with Crippen LogP contribution >= 0.6 is 12.6 Å². The number of nitrogens with one attached hydrogen (secondary N) is 1. The Morgan fingerprint density at radius 2 is 2.23 bits per heavy atom. The molecule has 0 aromatic carbocycles. The van der Waals surface area contributed by atoms with Gasteiger partial charge in [-0.15, -0.1) is 0 Å². The average Bonchev–Trinajstić information content (AvgIpc) is 2.02. The summed E-state index contributed by atoms with van der Waals surface area (Å²) < 4.78 is 0. The van der Waals surface area contributed by atoms with E-state index in [2.05, 4.69) is 17.9 Å². The van der Waals surface area contributed by atoms with Gasteiger partial charge in [-0.25, -0.2) is 0 Å². The normalized spacial score (nSPS) is 15.3. The lowest BCUT2D eigenvalue weighted by molar-refractivity contribution is -0.139. The Kier molecular flexibility index (Phi) is 7.03. The summed E-state index contributed by atoms with van der Waals surface area (Å²) in [6.45, 7) is 2.42. The molecule has 0 spiro atoms. The van der Waals surface area contributed by atoms with E-state index < -0.39 is 12.0 Å². The minimum Gasteiger partial charge on any atom is -0.480 e. The highest BCUT2D eigenvalue weighted by atomic mass is 32.1. The van der Waals surface area contributed by atoms with E-state index in [9.17, 15) is 4.79 Å². The van der Waals surface area contributed by atoms with Crippen LogP contribution in [0.2, 0.25) is 0 Å². The zero-order chi connectivity index (χ0) is 10.3. The molecule has 2 unspecified atom stereocenters. The van der Waals surface area contributed by atoms with Crippen molar-refractivity contribution in [2.75, 3.05) is 6.54 Å². The number of unbranched alkanes of at least 4 members (excludes halogenated alkanes) is 1. The number of hydrogen-bond donors (Lipinski definition) is 4. The second-order valence-electron chi connectivity index (χ2n) is 3.02. The van der Waals surface area contributed by atoms with Gasteiger partial charge in [0.05, 0.1) is 0 Å². The first-order valence-corrected chi connectivity index (χ1v) is 4.96. The third kappa shape index (κ3) is 6.86. The Balaban J connectivity index is 3.74. The van der Waals surface area contributed by atoms with Crippen molar-refractivity contribution in [1.82, 2.24) is 5.32 Å². The second kappa shape index (κ2) is 7.17. The minimum atomic E-state index is -0.821. The Labute approximate surface area is 84.3 Å². The summed E-state index contributed by atoms with van der Waals surface area (Å²) in [6.07, 6.45) is 2.31. The number of carboxylic acid groups (broad SMARTS) is 1. The number of rotatable bonds is 7. The van der Waals surface area contributed by atoms with Crippen molar-refractivity contribution in [1.29, 1.82) is 0 Å². The Morgan fingerprint density at radius 1 is 1.62 bits per heavy atom. The van der Waals surface area contributed by atoms with Crippen molar-refractivity contribution in [2.45, 2.75) is 37.6 Å². The standard InChI is InChI=1S/C8H18N2O2S/c1-6(13)10-7(8(11)12)4-2-3-5-9/h6-7,10,13H,2-5,9H2,1H3,(H,11,12). The predicted octanol–water partition coefficient (Wildman–Crippen LogP) is 0.434. The van der Waals surface area contributed by atoms with E-state index in [1.807, 2.05) is 6.92 Å². The highest BCUT2D eigenvalue weighted by Crippen LogP contribution is 2.02. The molecular formula is C8H18N2O2S. The molecule has 0 amide bonds. The van der Waals surface area contributed by atoms with Gasteiger partial charge in [-0.05, 0) is 26.3 Å². The van der Waals surface area contributed by atoms with Crippen LogP contribution in [0.15, 0.2) is 0 Å². The maximum Gasteiger partial charge on any atom is 0.320 e. The van der Waals surface area contributed by atoms with Crippen molar-refractivity contribution in [2.24, 2.45) is 5.73 Å². The molecule has 0 aromatic rings. The summed E-state index contributed by atoms with van der Waals surface area (Å²) in [7, 11) is 0. The average molecular weight is 206 g/mol. The summed E-state index contributed by atoms with van der Waals surface area (Å²) in [5.41, 5.74) is 5.31. The molecule has 0 rings (SSSR count). The molecule has 0 bridgehead atoms. The molecule has 0 aliphatic rings. The third-order valence-electron chi connectivity index (χ3n) is 1.69. The van der Waals surface area contributed by atoms with Crippen LogP contribution < -0.4 is 11.1 Å². The first-order chi connectivity index (χ1) is 6.07. The summed E-state index contributed by atoms with van der Waals surface area (Å²) in [5, 5.41) is 11.6. The number of nitrogens with two attached hydrogens (primary N) is 1. The van der Waals surface area contributed by atoms with Crippen molar-refractivity contribution in [3.05, 3.63) is 0 Å². The number of carbonyl (C=O) groups is 1. The van der Waals surface area contributed by atoms with Gasteiger partial charge >= 0.3 is 5.97 Å². The van der Waals surface area contributed by atoms with E-state index >= 15 is 0 Å². The monoisotopic (exact) mass is 206 g/mol. The van der Waals surface area contributed by atoms with Crippen LogP contribution in [0, 0.1) is 0 Å². The van der Waals surface area contributed by atoms with Gasteiger partial charge in [0.15, 0.2) is 0 Å². The fraction of sp³-hybridized carbons (Fsp3) is 0.875. The molecule has 0 aromatic heterocycles. The molecule has 78 valence electrons. The minimum absolute atomic E-state index is 0.0982. The second-order valence-corrected chi connectivity index (χ2v) is 3.79. The van der Waals surface area contributed by atoms with Crippen molar-refractivity contribution < 1.29 is 9.90 Å². The maximum absolute atomic E-state index is 10.7. The van der Waals surface area contributed by atoms with E-state index in [4.69, 9.17) is 10.8 Å². The molecule has 4 nitrogen and oxygen atoms in total. The maximum atomic E-state index is 10.7. The van der Waals surface area contributed by atoms with Crippen molar-refractivity contribution in [3.8, 4) is 0 Å². The molecule has 0 saturated heterocycles. The van der Waals surface area contributed by atoms with Crippen LogP contribution in [-0.4, -0.2) is 29.0 Å². The first-order valence-electron chi connectivity index (χ1n) is 4.45. The predicted molar refractivity (Wildman–Crippen MR) is 55.9 cm³/mol. The highest BCUT2D eigenvalue weighted by molar-refractivity contribution is 7.80. The summed E-state index contributed by atoms with van der Waals surface area (Å²) >= 11 is 4.08. The molecule has 0 saturated carbocycles. The van der Waals surface area contributed by atoms with E-state index in [-0.39, 0.29) is 5.37 Å². The summed E-state index contributed by atoms with van der Waals surface area (Å²) in [5.74, 6) is -0.821.